The minimum atomic E-state index is -2.26. The van der Waals surface area contributed by atoms with Crippen molar-refractivity contribution in [2.75, 3.05) is 27.2 Å². The summed E-state index contributed by atoms with van der Waals surface area (Å²) < 4.78 is 0. The number of carbonyl (C=O) groups is 2. The monoisotopic (exact) mass is 555 g/mol. The highest BCUT2D eigenvalue weighted by molar-refractivity contribution is 6.10. The number of Topliss-reactive ketones (excluding diaryl/α,β-unsaturated/α-hetero) is 1. The van der Waals surface area contributed by atoms with Crippen LogP contribution in [0.1, 0.15) is 50.3 Å². The standard InChI is InChI=1S/C30H41N3O7/c1-14-8-10-33(11-9-14)13-16-7-6-15-12-17-19(25(36)18(15)23(16)34)27(38)29(2)20(24(17)35)22(32(4)5)26(37)21(28(31)39)30(29,3)40/h6-7,14,17,20,22,24,34-37,40H,8-13H2,1-5H3,(H2,31,39)/t17?,20?,22-,24-,29?,30?/m0/s1. The van der Waals surface area contributed by atoms with E-state index in [2.05, 4.69) is 11.8 Å². The fourth-order valence-electron chi connectivity index (χ4n) is 7.75. The Hall–Kier alpha value is -2.92. The molecule has 1 aromatic carbocycles. The first kappa shape index (κ1) is 28.6. The number of nitrogens with two attached hydrogens (primary N) is 1. The molecule has 4 unspecified atom stereocenters. The van der Waals surface area contributed by atoms with Crippen LogP contribution in [0.3, 0.4) is 0 Å². The number of phenols is 1. The number of piperidine rings is 1. The van der Waals surface area contributed by atoms with Crippen molar-refractivity contribution in [3.8, 4) is 5.75 Å². The van der Waals surface area contributed by atoms with Gasteiger partial charge in [-0.05, 0) is 71.8 Å². The second-order valence-electron chi connectivity index (χ2n) is 12.8. The summed E-state index contributed by atoms with van der Waals surface area (Å²) in [5.74, 6) is -4.00. The third-order valence-corrected chi connectivity index (χ3v) is 10.3. The molecule has 1 amide bonds. The fourth-order valence-corrected chi connectivity index (χ4v) is 7.75. The molecule has 0 spiro atoms. The molecule has 10 heteroatoms. The number of nitrogens with zero attached hydrogens (tertiary/aromatic N) is 2. The SMILES string of the molecule is CC1CCN(Cc2ccc3c(c2O)C(O)=C2C(=O)C4(C)C([C@@H](O)C2C3)[C@H](N(C)C)C(O)=C(C(N)=O)C4(C)O)CC1. The van der Waals surface area contributed by atoms with Crippen molar-refractivity contribution in [1.82, 2.24) is 9.80 Å². The van der Waals surface area contributed by atoms with E-state index in [1.165, 1.54) is 13.8 Å². The van der Waals surface area contributed by atoms with Crippen molar-refractivity contribution in [1.29, 1.82) is 0 Å². The van der Waals surface area contributed by atoms with Crippen molar-refractivity contribution < 1.29 is 35.1 Å². The Morgan fingerprint density at radius 2 is 1.77 bits per heavy atom. The van der Waals surface area contributed by atoms with E-state index in [1.54, 1.807) is 19.0 Å². The lowest BCUT2D eigenvalue weighted by atomic mass is 9.46. The molecule has 1 saturated carbocycles. The Labute approximate surface area is 234 Å². The van der Waals surface area contributed by atoms with Gasteiger partial charge in [-0.15, -0.1) is 0 Å². The molecule has 4 aliphatic rings. The van der Waals surface area contributed by atoms with Gasteiger partial charge in [0.2, 0.25) is 0 Å². The molecule has 5 rings (SSSR count). The lowest BCUT2D eigenvalue weighted by Gasteiger charge is -2.59. The molecular weight excluding hydrogens is 514 g/mol. The minimum absolute atomic E-state index is 0.0963. The van der Waals surface area contributed by atoms with E-state index in [0.717, 1.165) is 25.9 Å². The molecule has 10 nitrogen and oxygen atoms in total. The van der Waals surface area contributed by atoms with Crippen LogP contribution in [0.5, 0.6) is 5.75 Å². The van der Waals surface area contributed by atoms with Gasteiger partial charge in [0.15, 0.2) is 5.78 Å². The summed E-state index contributed by atoms with van der Waals surface area (Å²) in [6.07, 6.45) is 1.01. The van der Waals surface area contributed by atoms with E-state index in [0.29, 0.717) is 23.6 Å². The van der Waals surface area contributed by atoms with Crippen LogP contribution < -0.4 is 5.73 Å². The number of carbonyl (C=O) groups excluding carboxylic acids is 2. The first-order chi connectivity index (χ1) is 18.6. The summed E-state index contributed by atoms with van der Waals surface area (Å²) in [5, 5.41) is 57.7. The highest BCUT2D eigenvalue weighted by atomic mass is 16.3. The number of phenolic OH excluding ortho intramolecular Hbond substituents is 1. The number of aromatic hydroxyl groups is 1. The molecule has 1 heterocycles. The largest absolute Gasteiger partial charge is 0.510 e. The van der Waals surface area contributed by atoms with Crippen LogP contribution in [0, 0.1) is 23.2 Å². The maximum atomic E-state index is 14.4. The van der Waals surface area contributed by atoms with Crippen LogP contribution in [0.4, 0.5) is 0 Å². The molecule has 7 N–H and O–H groups in total. The highest BCUT2D eigenvalue weighted by Gasteiger charge is 2.70. The first-order valence-corrected chi connectivity index (χ1v) is 14.0. The summed E-state index contributed by atoms with van der Waals surface area (Å²) in [7, 11) is 3.28. The van der Waals surface area contributed by atoms with Crippen molar-refractivity contribution in [2.24, 2.45) is 28.9 Å². The van der Waals surface area contributed by atoms with Gasteiger partial charge in [0.25, 0.3) is 5.91 Å². The van der Waals surface area contributed by atoms with E-state index in [4.69, 9.17) is 5.73 Å². The topological polar surface area (TPSA) is 168 Å². The second kappa shape index (κ2) is 9.58. The van der Waals surface area contributed by atoms with E-state index in [9.17, 15) is 35.1 Å². The summed E-state index contributed by atoms with van der Waals surface area (Å²) in [4.78, 5) is 30.7. The van der Waals surface area contributed by atoms with E-state index >= 15 is 0 Å². The second-order valence-corrected chi connectivity index (χ2v) is 12.8. The first-order valence-electron chi connectivity index (χ1n) is 14.0. The zero-order valence-corrected chi connectivity index (χ0v) is 23.8. The van der Waals surface area contributed by atoms with E-state index in [1.807, 2.05) is 12.1 Å². The predicted octanol–water partition coefficient (Wildman–Crippen LogP) is 1.62. The molecule has 218 valence electrons. The molecule has 1 saturated heterocycles. The molecule has 0 aromatic heterocycles. The molecule has 6 atom stereocenters. The van der Waals surface area contributed by atoms with E-state index in [-0.39, 0.29) is 23.3 Å². The Morgan fingerprint density at radius 1 is 1.15 bits per heavy atom. The number of amides is 1. The molecule has 2 fully saturated rings. The van der Waals surface area contributed by atoms with Gasteiger partial charge < -0.3 is 31.3 Å². The van der Waals surface area contributed by atoms with Crippen molar-refractivity contribution in [2.45, 2.75) is 64.3 Å². The summed E-state index contributed by atoms with van der Waals surface area (Å²) in [6.45, 7) is 7.21. The molecule has 3 aliphatic carbocycles. The molecule has 0 bridgehead atoms. The maximum absolute atomic E-state index is 14.4. The summed E-state index contributed by atoms with van der Waals surface area (Å²) in [5.41, 5.74) is 2.28. The van der Waals surface area contributed by atoms with Gasteiger partial charge in [-0.2, -0.15) is 0 Å². The number of hydrogen-bond acceptors (Lipinski definition) is 9. The number of likely N-dealkylation sites (tertiary alicyclic amines) is 1. The molecular formula is C30H41N3O7. The Kier molecular flexibility index (Phi) is 6.85. The van der Waals surface area contributed by atoms with Crippen LogP contribution in [0.2, 0.25) is 0 Å². The number of hydrogen-bond donors (Lipinski definition) is 6. The fraction of sp³-hybridized carbons (Fsp3) is 0.600. The van der Waals surface area contributed by atoms with Gasteiger partial charge in [0.05, 0.1) is 28.7 Å². The summed E-state index contributed by atoms with van der Waals surface area (Å²) in [6, 6.07) is 2.64. The summed E-state index contributed by atoms with van der Waals surface area (Å²) >= 11 is 0. The third-order valence-electron chi connectivity index (χ3n) is 10.3. The van der Waals surface area contributed by atoms with Crippen LogP contribution in [-0.2, 0) is 22.6 Å². The Bertz CT molecular complexity index is 1320. The Balaban J connectivity index is 1.64. The molecule has 40 heavy (non-hydrogen) atoms. The lowest BCUT2D eigenvalue weighted by Crippen LogP contribution is -2.71. The maximum Gasteiger partial charge on any atom is 0.251 e. The number of primary amides is 1. The van der Waals surface area contributed by atoms with Gasteiger partial charge >= 0.3 is 0 Å². The van der Waals surface area contributed by atoms with Crippen LogP contribution in [-0.4, -0.2) is 92.0 Å². The van der Waals surface area contributed by atoms with Crippen molar-refractivity contribution in [3.63, 3.8) is 0 Å². The molecule has 1 aromatic rings. The lowest BCUT2D eigenvalue weighted by molar-refractivity contribution is -0.177. The minimum Gasteiger partial charge on any atom is -0.510 e. The Morgan fingerprint density at radius 3 is 2.35 bits per heavy atom. The number of aliphatic hydroxyl groups is 4. The van der Waals surface area contributed by atoms with Gasteiger partial charge in [-0.3, -0.25) is 19.4 Å². The van der Waals surface area contributed by atoms with Crippen molar-refractivity contribution >= 4 is 17.4 Å². The molecule has 0 radical (unpaired) electrons. The highest BCUT2D eigenvalue weighted by Crippen LogP contribution is 2.60. The number of fused-ring (bicyclic) bond motifs is 3. The van der Waals surface area contributed by atoms with Gasteiger partial charge in [-0.1, -0.05) is 19.1 Å². The number of ketones is 1. The zero-order chi connectivity index (χ0) is 29.5. The quantitative estimate of drug-likeness (QED) is 0.323. The van der Waals surface area contributed by atoms with Crippen molar-refractivity contribution in [3.05, 3.63) is 45.7 Å². The van der Waals surface area contributed by atoms with Crippen LogP contribution in [0.25, 0.3) is 5.76 Å². The normalized spacial score (nSPS) is 35.0. The smallest absolute Gasteiger partial charge is 0.251 e. The average Bonchev–Trinajstić information content (AvgIpc) is 2.86. The third kappa shape index (κ3) is 3.83. The van der Waals surface area contributed by atoms with Gasteiger partial charge in [0, 0.05) is 29.5 Å². The number of aliphatic hydroxyl groups excluding tert-OH is 3. The zero-order valence-electron chi connectivity index (χ0n) is 23.8. The average molecular weight is 556 g/mol. The predicted molar refractivity (Wildman–Crippen MR) is 148 cm³/mol. The van der Waals surface area contributed by atoms with Gasteiger partial charge in [0.1, 0.15) is 22.9 Å². The molecule has 1 aliphatic heterocycles. The number of benzene rings is 1. The van der Waals surface area contributed by atoms with Crippen LogP contribution >= 0.6 is 0 Å². The van der Waals surface area contributed by atoms with Crippen LogP contribution in [0.15, 0.2) is 29.0 Å². The van der Waals surface area contributed by atoms with E-state index < -0.39 is 63.8 Å². The number of likely N-dealkylation sites (N-methyl/N-ethyl adjacent to an activating group) is 1. The number of rotatable bonds is 4. The van der Waals surface area contributed by atoms with Gasteiger partial charge in [-0.25, -0.2) is 0 Å².